The van der Waals surface area contributed by atoms with E-state index in [-0.39, 0.29) is 53.3 Å². The van der Waals surface area contributed by atoms with Crippen molar-refractivity contribution < 1.29 is 43.1 Å². The van der Waals surface area contributed by atoms with Crippen LogP contribution in [0.3, 0.4) is 0 Å². The van der Waals surface area contributed by atoms with Gasteiger partial charge in [0.25, 0.3) is 47.3 Å². The van der Waals surface area contributed by atoms with Crippen molar-refractivity contribution in [2.75, 3.05) is 44.7 Å². The van der Waals surface area contributed by atoms with E-state index in [1.54, 1.807) is 225 Å². The van der Waals surface area contributed by atoms with Crippen molar-refractivity contribution in [2.24, 2.45) is 0 Å². The number of nitrogens with two attached hydrogens (primary N) is 1. The van der Waals surface area contributed by atoms with Crippen LogP contribution in [0.5, 0.6) is 5.88 Å². The molecule has 0 saturated carbocycles. The first-order chi connectivity index (χ1) is 60.6. The summed E-state index contributed by atoms with van der Waals surface area (Å²) in [6.07, 6.45) is 11.4. The number of hydrogen-bond acceptors (Lipinski definition) is 17. The first-order valence-electron chi connectivity index (χ1n) is 38.4. The van der Waals surface area contributed by atoms with Gasteiger partial charge in [0.05, 0.1) is 86.0 Å². The summed E-state index contributed by atoms with van der Waals surface area (Å²) in [6, 6.07) is 80.9. The molecule has 10 N–H and O–H groups in total. The van der Waals surface area contributed by atoms with Gasteiger partial charge in [0.15, 0.2) is 0 Å². The molecule has 15 rings (SSSR count). The number of halogens is 4. The number of nitrogens with one attached hydrogen (secondary N) is 8. The largest absolute Gasteiger partial charge is 0.481 e. The van der Waals surface area contributed by atoms with Crippen molar-refractivity contribution in [3.05, 3.63) is 399 Å². The van der Waals surface area contributed by atoms with Crippen LogP contribution >= 0.6 is 46.4 Å². The van der Waals surface area contributed by atoms with Gasteiger partial charge >= 0.3 is 0 Å². The molecule has 0 fully saturated rings. The van der Waals surface area contributed by atoms with E-state index in [4.69, 9.17) is 56.9 Å². The Bertz CT molecular complexity index is 6290. The van der Waals surface area contributed by atoms with Gasteiger partial charge in [0.1, 0.15) is 5.82 Å². The number of pyridine rings is 7. The Morgan fingerprint density at radius 3 is 0.832 bits per heavy atom. The van der Waals surface area contributed by atoms with Crippen molar-refractivity contribution in [1.82, 2.24) is 45.5 Å². The van der Waals surface area contributed by atoms with Gasteiger partial charge in [0.2, 0.25) is 5.88 Å². The maximum Gasteiger partial charge on any atom is 0.255 e. The van der Waals surface area contributed by atoms with E-state index in [0.717, 1.165) is 33.8 Å². The zero-order chi connectivity index (χ0) is 88.1. The third-order valence-corrected chi connectivity index (χ3v) is 19.4. The second kappa shape index (κ2) is 43.5. The lowest BCUT2D eigenvalue weighted by atomic mass is 10.1. The second-order valence-electron chi connectivity index (χ2n) is 27.4. The van der Waals surface area contributed by atoms with E-state index >= 15 is 0 Å². The number of rotatable bonds is 22. The number of anilines is 7. The van der Waals surface area contributed by atoms with Gasteiger partial charge in [-0.05, 0) is 263 Å². The number of carbonyl (C=O) groups excluding carboxylic acids is 8. The summed E-state index contributed by atoms with van der Waals surface area (Å²) >= 11 is 25.2. The van der Waals surface area contributed by atoms with E-state index in [0.29, 0.717) is 134 Å². The summed E-state index contributed by atoms with van der Waals surface area (Å²) in [5, 5.41) is 24.7. The smallest absolute Gasteiger partial charge is 0.255 e. The van der Waals surface area contributed by atoms with Crippen LogP contribution in [0, 0.1) is 0 Å². The fourth-order valence-corrected chi connectivity index (χ4v) is 12.6. The summed E-state index contributed by atoms with van der Waals surface area (Å²) in [4.78, 5) is 129. The van der Waals surface area contributed by atoms with Crippen LogP contribution in [-0.4, -0.2) is 95.3 Å². The summed E-state index contributed by atoms with van der Waals surface area (Å²) in [5.74, 6) is -1.40. The van der Waals surface area contributed by atoms with Crippen molar-refractivity contribution >= 4 is 134 Å². The molecule has 125 heavy (non-hydrogen) atoms. The normalized spacial score (nSPS) is 10.4. The SMILES string of the molecule is CC(C)NC(=O)c1ccc(C(=O)Nc2ccc(Cl)c(-c3ccccn3)c2)cc1.COc1ccc(NC(=O)c2ccc(C(=O)Nc3ccc(Cl)c(-c4ccccn4)c3)cc2)cn1.Nc1ccc(NC(=O)c2ccc(C(=O)Nc3ccc(Cl)c(-c4ccccn4)c3)cc2)cn1.O=C(NCc1ccccn1)c1ccc(C(=O)Nc2ccc(Cl)c(-c3ccccn3)c2)cc1. The fraction of sp³-hybridized carbons (Fsp3) is 0.0521. The first kappa shape index (κ1) is 88.6. The summed E-state index contributed by atoms with van der Waals surface area (Å²) < 4.78 is 5.00. The zero-order valence-corrected chi connectivity index (χ0v) is 69.9. The minimum Gasteiger partial charge on any atom is -0.481 e. The predicted molar refractivity (Wildman–Crippen MR) is 490 cm³/mol. The predicted octanol–water partition coefficient (Wildman–Crippen LogP) is 20.0. The maximum absolute atomic E-state index is 12.7. The van der Waals surface area contributed by atoms with Crippen molar-refractivity contribution in [3.63, 3.8) is 0 Å². The van der Waals surface area contributed by atoms with Gasteiger partial charge in [-0.15, -0.1) is 0 Å². The van der Waals surface area contributed by atoms with Crippen LogP contribution < -0.4 is 53.0 Å². The van der Waals surface area contributed by atoms with E-state index in [9.17, 15) is 38.4 Å². The molecule has 29 heteroatoms. The number of amides is 8. The van der Waals surface area contributed by atoms with Crippen LogP contribution in [-0.2, 0) is 6.54 Å². The molecule has 25 nitrogen and oxygen atoms in total. The third-order valence-electron chi connectivity index (χ3n) is 18.1. The highest BCUT2D eigenvalue weighted by molar-refractivity contribution is 6.35. The molecule has 0 bridgehead atoms. The molecule has 0 aliphatic carbocycles. The number of hydrogen-bond donors (Lipinski definition) is 9. The molecule has 0 spiro atoms. The lowest BCUT2D eigenvalue weighted by Gasteiger charge is -2.10. The van der Waals surface area contributed by atoms with Crippen LogP contribution in [0.15, 0.2) is 328 Å². The van der Waals surface area contributed by atoms with Gasteiger partial charge in [-0.25, -0.2) is 9.97 Å². The Morgan fingerprint density at radius 1 is 0.304 bits per heavy atom. The lowest BCUT2D eigenvalue weighted by Crippen LogP contribution is -2.30. The summed E-state index contributed by atoms with van der Waals surface area (Å²) in [7, 11) is 1.52. The Balaban J connectivity index is 0.000000152. The van der Waals surface area contributed by atoms with E-state index in [1.807, 2.05) is 105 Å². The second-order valence-corrected chi connectivity index (χ2v) is 29.0. The standard InChI is InChI=1S/C25H19ClN4O3.C25H19ClN4O2.C24H18ClN5O2.C22H20ClN3O2/c1-33-23-12-10-19(15-28-23)30-25(32)17-7-5-16(6-8-17)24(31)29-18-9-11-21(26)20(14-18)22-4-2-3-13-27-22;26-22-12-11-19(15-21(22)23-6-2-4-14-28-23)30-25(32)18-9-7-17(8-10-18)24(31)29-16-20-5-1-3-13-27-20;25-20-10-8-17(13-19(20)21-3-1-2-12-27-21)29-23(31)15-4-6-16(7-5-15)24(32)30-18-9-11-22(26)28-14-18;1-14(2)25-21(27)15-6-8-16(9-7-15)22(28)26-17-10-11-19(23)18(13-17)20-5-3-4-12-24-20/h2-15H,1H3,(H,29,31)(H,30,32);1-15H,16H2,(H,29,31)(H,30,32);1-14H,(H2,26,28)(H,29,31)(H,30,32);3-14H,1-2H3,(H,25,27)(H,26,28). The Morgan fingerprint density at radius 2 is 0.576 bits per heavy atom. The Kier molecular flexibility index (Phi) is 30.9. The quantitative estimate of drug-likeness (QED) is 0.0304. The van der Waals surface area contributed by atoms with Crippen molar-refractivity contribution in [3.8, 4) is 50.9 Å². The average molecular weight is 1740 g/mol. The van der Waals surface area contributed by atoms with E-state index in [1.165, 1.54) is 19.5 Å². The molecule has 0 aliphatic heterocycles. The van der Waals surface area contributed by atoms with Gasteiger partial charge in [-0.3, -0.25) is 63.3 Å². The molecule has 7 heterocycles. The number of carbonyl (C=O) groups is 8. The van der Waals surface area contributed by atoms with Crippen LogP contribution in [0.2, 0.25) is 20.1 Å². The number of nitrogens with zero attached hydrogens (tertiary/aromatic N) is 7. The molecule has 8 amide bonds. The number of nitrogen functional groups attached to an aromatic ring is 1. The fourth-order valence-electron chi connectivity index (χ4n) is 11.8. The Hall–Kier alpha value is -15.7. The van der Waals surface area contributed by atoms with Crippen molar-refractivity contribution in [2.45, 2.75) is 26.4 Å². The number of ether oxygens (including phenoxy) is 1. The number of methoxy groups -OCH3 is 1. The molecular weight excluding hydrogens is 1660 g/mol. The molecule has 0 radical (unpaired) electrons. The summed E-state index contributed by atoms with van der Waals surface area (Å²) in [5.41, 5.74) is 19.0. The highest BCUT2D eigenvalue weighted by atomic mass is 35.5. The van der Waals surface area contributed by atoms with Crippen molar-refractivity contribution in [1.29, 1.82) is 0 Å². The topological polar surface area (TPSA) is 358 Å². The average Bonchev–Trinajstić information content (AvgIpc) is 0.835. The zero-order valence-electron chi connectivity index (χ0n) is 66.9. The minimum absolute atomic E-state index is 0.0497. The molecule has 0 aliphatic rings. The monoisotopic (exact) mass is 1740 g/mol. The van der Waals surface area contributed by atoms with Gasteiger partial charge in [-0.1, -0.05) is 76.7 Å². The van der Waals surface area contributed by atoms with Gasteiger partial charge < -0.3 is 53.0 Å². The van der Waals surface area contributed by atoms with Crippen LogP contribution in [0.1, 0.15) is 102 Å². The molecule has 0 atom stereocenters. The molecule has 15 aromatic rings. The van der Waals surface area contributed by atoms with E-state index < -0.39 is 0 Å². The maximum atomic E-state index is 12.7. The highest BCUT2D eigenvalue weighted by Crippen LogP contribution is 2.34. The first-order valence-corrected chi connectivity index (χ1v) is 39.9. The lowest BCUT2D eigenvalue weighted by molar-refractivity contribution is 0.0937. The van der Waals surface area contributed by atoms with Gasteiger partial charge in [0, 0.05) is 133 Å². The van der Waals surface area contributed by atoms with E-state index in [2.05, 4.69) is 77.4 Å². The summed E-state index contributed by atoms with van der Waals surface area (Å²) in [6.45, 7) is 4.12. The molecular formula is C96H76Cl4N16O9. The molecule has 0 unspecified atom stereocenters. The number of benzene rings is 8. The van der Waals surface area contributed by atoms with Crippen LogP contribution in [0.25, 0.3) is 45.0 Å². The van der Waals surface area contributed by atoms with Gasteiger partial charge in [-0.2, -0.15) is 0 Å². The Labute approximate surface area is 738 Å². The highest BCUT2D eigenvalue weighted by Gasteiger charge is 2.19. The third kappa shape index (κ3) is 25.5. The molecule has 622 valence electrons. The minimum atomic E-state index is -0.318. The molecule has 0 saturated heterocycles. The molecule has 7 aromatic heterocycles. The molecule has 8 aromatic carbocycles. The van der Waals surface area contributed by atoms with Crippen LogP contribution in [0.4, 0.5) is 39.9 Å². The number of aromatic nitrogens is 7.